The van der Waals surface area contributed by atoms with E-state index < -0.39 is 17.5 Å². The molecule has 0 saturated carbocycles. The number of nitrogens with one attached hydrogen (secondary N) is 1. The lowest BCUT2D eigenvalue weighted by Crippen LogP contribution is -2.06. The van der Waals surface area contributed by atoms with Crippen molar-refractivity contribution in [2.75, 3.05) is 5.32 Å². The Morgan fingerprint density at radius 1 is 0.947 bits per heavy atom. The lowest BCUT2D eigenvalue weighted by molar-refractivity contribution is 0.555. The minimum Gasteiger partial charge on any atom is -0.378 e. The molecule has 0 atom stereocenters. The van der Waals surface area contributed by atoms with Gasteiger partial charge >= 0.3 is 0 Å². The van der Waals surface area contributed by atoms with Gasteiger partial charge in [-0.3, -0.25) is 0 Å². The molecule has 1 N–H and O–H groups in total. The Morgan fingerprint density at radius 3 is 2.37 bits per heavy atom. The van der Waals surface area contributed by atoms with Crippen molar-refractivity contribution in [1.29, 1.82) is 0 Å². The first-order valence-corrected chi connectivity index (χ1v) is 6.89. The summed E-state index contributed by atoms with van der Waals surface area (Å²) in [5.74, 6) is -1.86. The monoisotopic (exact) mass is 393 g/mol. The minimum absolute atomic E-state index is 0.145. The maximum atomic E-state index is 13.7. The van der Waals surface area contributed by atoms with Crippen LogP contribution in [-0.2, 0) is 6.54 Å². The third kappa shape index (κ3) is 3.30. The van der Waals surface area contributed by atoms with Crippen molar-refractivity contribution in [1.82, 2.24) is 0 Å². The number of anilines is 1. The summed E-state index contributed by atoms with van der Waals surface area (Å²) in [4.78, 5) is 0. The Morgan fingerprint density at radius 2 is 1.63 bits per heavy atom. The Balaban J connectivity index is 2.24. The van der Waals surface area contributed by atoms with Gasteiger partial charge in [0.25, 0.3) is 0 Å². The molecule has 2 rings (SSSR count). The van der Waals surface area contributed by atoms with Gasteiger partial charge in [-0.15, -0.1) is 0 Å². The highest BCUT2D eigenvalue weighted by atomic mass is 79.9. The first-order valence-electron chi connectivity index (χ1n) is 5.30. The van der Waals surface area contributed by atoms with Gasteiger partial charge in [-0.05, 0) is 46.3 Å². The van der Waals surface area contributed by atoms with E-state index in [1.807, 2.05) is 0 Å². The fraction of sp³-hybridized carbons (Fsp3) is 0.0769. The molecule has 0 saturated heterocycles. The average Bonchev–Trinajstić information content (AvgIpc) is 2.38. The summed E-state index contributed by atoms with van der Waals surface area (Å²) in [7, 11) is 0. The molecule has 0 fully saturated rings. The summed E-state index contributed by atoms with van der Waals surface area (Å²) >= 11 is 6.18. The van der Waals surface area contributed by atoms with Crippen molar-refractivity contribution >= 4 is 37.5 Å². The molecule has 0 aliphatic rings. The molecular weight excluding hydrogens is 387 g/mol. The molecular formula is C13H8Br2F3N. The largest absolute Gasteiger partial charge is 0.378 e. The average molecular weight is 395 g/mol. The maximum Gasteiger partial charge on any atom is 0.146 e. The van der Waals surface area contributed by atoms with Gasteiger partial charge in [-0.2, -0.15) is 0 Å². The van der Waals surface area contributed by atoms with Crippen LogP contribution in [0.2, 0.25) is 0 Å². The number of hydrogen-bond donors (Lipinski definition) is 1. The van der Waals surface area contributed by atoms with E-state index >= 15 is 0 Å². The van der Waals surface area contributed by atoms with Crippen molar-refractivity contribution in [2.24, 2.45) is 0 Å². The molecule has 0 aliphatic heterocycles. The first-order chi connectivity index (χ1) is 8.99. The highest BCUT2D eigenvalue weighted by molar-refractivity contribution is 9.10. The molecule has 0 aliphatic carbocycles. The second kappa shape index (κ2) is 5.96. The van der Waals surface area contributed by atoms with Crippen molar-refractivity contribution in [3.8, 4) is 0 Å². The highest BCUT2D eigenvalue weighted by Gasteiger charge is 2.12. The van der Waals surface area contributed by atoms with Crippen LogP contribution in [0, 0.1) is 17.5 Å². The Bertz CT molecular complexity index is 617. The SMILES string of the molecule is Fc1ccc(Br)cc1NCc1c(F)ccc(Br)c1F. The third-order valence-corrected chi connectivity index (χ3v) is 3.63. The molecule has 6 heteroatoms. The minimum atomic E-state index is -0.692. The van der Waals surface area contributed by atoms with Gasteiger partial charge in [-0.25, -0.2) is 13.2 Å². The van der Waals surface area contributed by atoms with E-state index in [-0.39, 0.29) is 22.3 Å². The number of halogens is 5. The summed E-state index contributed by atoms with van der Waals surface area (Å²) in [6.07, 6.45) is 0. The van der Waals surface area contributed by atoms with Gasteiger partial charge in [0.05, 0.1) is 10.2 Å². The summed E-state index contributed by atoms with van der Waals surface area (Å²) in [5.41, 5.74) is 0.0295. The molecule has 0 bridgehead atoms. The van der Waals surface area contributed by atoms with Crippen LogP contribution in [0.5, 0.6) is 0 Å². The number of hydrogen-bond acceptors (Lipinski definition) is 1. The quantitative estimate of drug-likeness (QED) is 0.702. The fourth-order valence-corrected chi connectivity index (χ4v) is 2.28. The van der Waals surface area contributed by atoms with Crippen LogP contribution in [-0.4, -0.2) is 0 Å². The Hall–Kier alpha value is -1.01. The zero-order valence-electron chi connectivity index (χ0n) is 9.48. The smallest absolute Gasteiger partial charge is 0.146 e. The standard InChI is InChI=1S/C13H8Br2F3N/c14-7-1-3-11(17)12(5-7)19-6-8-10(16)4-2-9(15)13(8)18/h1-5,19H,6H2. The van der Waals surface area contributed by atoms with E-state index in [0.29, 0.717) is 4.47 Å². The second-order valence-electron chi connectivity index (χ2n) is 3.80. The van der Waals surface area contributed by atoms with Crippen LogP contribution in [0.25, 0.3) is 0 Å². The molecule has 0 spiro atoms. The van der Waals surface area contributed by atoms with E-state index in [1.165, 1.54) is 18.2 Å². The maximum absolute atomic E-state index is 13.7. The lowest BCUT2D eigenvalue weighted by atomic mass is 10.2. The van der Waals surface area contributed by atoms with Crippen molar-refractivity contribution in [3.63, 3.8) is 0 Å². The molecule has 0 heterocycles. The van der Waals surface area contributed by atoms with E-state index in [2.05, 4.69) is 37.2 Å². The third-order valence-electron chi connectivity index (χ3n) is 2.52. The molecule has 1 nitrogen and oxygen atoms in total. The van der Waals surface area contributed by atoms with E-state index in [0.717, 1.165) is 6.07 Å². The lowest BCUT2D eigenvalue weighted by Gasteiger charge is -2.10. The van der Waals surface area contributed by atoms with Gasteiger partial charge in [0, 0.05) is 16.6 Å². The first kappa shape index (κ1) is 14.4. The van der Waals surface area contributed by atoms with Gasteiger partial charge in [0.15, 0.2) is 0 Å². The molecule has 19 heavy (non-hydrogen) atoms. The van der Waals surface area contributed by atoms with Gasteiger partial charge in [-0.1, -0.05) is 15.9 Å². The van der Waals surface area contributed by atoms with Crippen LogP contribution in [0.4, 0.5) is 18.9 Å². The van der Waals surface area contributed by atoms with E-state index in [9.17, 15) is 13.2 Å². The summed E-state index contributed by atoms with van der Waals surface area (Å²) in [6, 6.07) is 6.75. The summed E-state index contributed by atoms with van der Waals surface area (Å²) in [5, 5.41) is 2.67. The molecule has 100 valence electrons. The molecule has 0 amide bonds. The summed E-state index contributed by atoms with van der Waals surface area (Å²) < 4.78 is 41.5. The fourth-order valence-electron chi connectivity index (χ4n) is 1.55. The summed E-state index contributed by atoms with van der Waals surface area (Å²) in [6.45, 7) is -0.148. The number of rotatable bonds is 3. The Kier molecular flexibility index (Phi) is 4.52. The predicted molar refractivity (Wildman–Crippen MR) is 75.5 cm³/mol. The van der Waals surface area contributed by atoms with Crippen LogP contribution >= 0.6 is 31.9 Å². The van der Waals surface area contributed by atoms with E-state index in [1.54, 1.807) is 6.07 Å². The molecule has 0 aromatic heterocycles. The van der Waals surface area contributed by atoms with Crippen LogP contribution < -0.4 is 5.32 Å². The second-order valence-corrected chi connectivity index (χ2v) is 5.57. The van der Waals surface area contributed by atoms with Crippen molar-refractivity contribution < 1.29 is 13.2 Å². The molecule has 0 unspecified atom stereocenters. The van der Waals surface area contributed by atoms with Crippen molar-refractivity contribution in [3.05, 3.63) is 62.3 Å². The van der Waals surface area contributed by atoms with Crippen LogP contribution in [0.15, 0.2) is 39.3 Å². The molecule has 0 radical (unpaired) electrons. The Labute approximate surface area is 125 Å². The number of benzene rings is 2. The van der Waals surface area contributed by atoms with Crippen LogP contribution in [0.3, 0.4) is 0 Å². The predicted octanol–water partition coefficient (Wildman–Crippen LogP) is 5.24. The normalized spacial score (nSPS) is 10.6. The van der Waals surface area contributed by atoms with Crippen molar-refractivity contribution in [2.45, 2.75) is 6.54 Å². The molecule has 2 aromatic carbocycles. The highest BCUT2D eigenvalue weighted by Crippen LogP contribution is 2.24. The van der Waals surface area contributed by atoms with E-state index in [4.69, 9.17) is 0 Å². The zero-order valence-corrected chi connectivity index (χ0v) is 12.7. The van der Waals surface area contributed by atoms with Gasteiger partial charge in [0.1, 0.15) is 17.5 Å². The molecule has 2 aromatic rings. The van der Waals surface area contributed by atoms with Crippen LogP contribution in [0.1, 0.15) is 5.56 Å². The topological polar surface area (TPSA) is 12.0 Å². The van der Waals surface area contributed by atoms with Gasteiger partial charge in [0.2, 0.25) is 0 Å². The zero-order chi connectivity index (χ0) is 14.0. The van der Waals surface area contributed by atoms with Gasteiger partial charge < -0.3 is 5.32 Å².